The zero-order chi connectivity index (χ0) is 21.5. The lowest BCUT2D eigenvalue weighted by molar-refractivity contribution is 0.308. The van der Waals surface area contributed by atoms with E-state index < -0.39 is 0 Å². The first-order chi connectivity index (χ1) is 15.9. The summed E-state index contributed by atoms with van der Waals surface area (Å²) in [5.74, 6) is 0.823. The van der Waals surface area contributed by atoms with Gasteiger partial charge in [0.2, 0.25) is 0 Å². The number of benzene rings is 5. The Morgan fingerprint density at radius 2 is 1.38 bits per heavy atom. The molecule has 0 fully saturated rings. The number of nitrogens with two attached hydrogens (primary N) is 1. The molecule has 0 radical (unpaired) electrons. The Labute approximate surface area is 186 Å². The average molecular weight is 417 g/mol. The third-order valence-electron chi connectivity index (χ3n) is 6.39. The molecule has 6 rings (SSSR count). The number of rotatable bonds is 6. The van der Waals surface area contributed by atoms with Crippen LogP contribution in [0.4, 0.5) is 0 Å². The van der Waals surface area contributed by atoms with Gasteiger partial charge in [0.15, 0.2) is 0 Å². The minimum Gasteiger partial charge on any atom is -0.491 e. The third kappa shape index (κ3) is 2.89. The van der Waals surface area contributed by atoms with Crippen molar-refractivity contribution in [2.45, 2.75) is 12.8 Å². The van der Waals surface area contributed by atoms with Crippen LogP contribution in [0.2, 0.25) is 0 Å². The van der Waals surface area contributed by atoms with E-state index in [0.717, 1.165) is 29.8 Å². The van der Waals surface area contributed by atoms with Gasteiger partial charge in [-0.15, -0.1) is 0 Å². The van der Waals surface area contributed by atoms with Gasteiger partial charge in [0.25, 0.3) is 0 Å². The van der Waals surface area contributed by atoms with Crippen molar-refractivity contribution in [2.75, 3.05) is 13.2 Å². The Balaban J connectivity index is 1.69. The summed E-state index contributed by atoms with van der Waals surface area (Å²) in [4.78, 5) is 4.79. The Bertz CT molecular complexity index is 1570. The quantitative estimate of drug-likeness (QED) is 0.182. The molecular weight excluding hydrogens is 392 g/mol. The van der Waals surface area contributed by atoms with Crippen molar-refractivity contribution >= 4 is 43.1 Å². The first-order valence-corrected chi connectivity index (χ1v) is 11.2. The van der Waals surface area contributed by atoms with Crippen LogP contribution < -0.4 is 10.5 Å². The second-order valence-electron chi connectivity index (χ2n) is 8.30. The van der Waals surface area contributed by atoms with Gasteiger partial charge in [-0.3, -0.25) is 4.98 Å². The molecule has 3 nitrogen and oxygen atoms in total. The fraction of sp³-hybridized carbons (Fsp3) is 0.138. The number of fused-ring (bicyclic) bond motifs is 2. The van der Waals surface area contributed by atoms with Crippen molar-refractivity contribution in [3.63, 3.8) is 0 Å². The van der Waals surface area contributed by atoms with Gasteiger partial charge in [-0.2, -0.15) is 0 Å². The van der Waals surface area contributed by atoms with Crippen LogP contribution in [-0.2, 0) is 0 Å². The van der Waals surface area contributed by atoms with Crippen LogP contribution in [0.25, 0.3) is 54.3 Å². The zero-order valence-electron chi connectivity index (χ0n) is 17.8. The van der Waals surface area contributed by atoms with E-state index in [0.29, 0.717) is 13.2 Å². The molecule has 0 saturated heterocycles. The lowest BCUT2D eigenvalue weighted by Crippen LogP contribution is -2.04. The number of unbranched alkanes of at least 4 members (excludes halogenated alkanes) is 1. The molecule has 6 aromatic rings. The number of hydrogen-bond donors (Lipinski definition) is 1. The van der Waals surface area contributed by atoms with Gasteiger partial charge in [-0.05, 0) is 69.2 Å². The Kier molecular flexibility index (Phi) is 4.62. The van der Waals surface area contributed by atoms with Crippen LogP contribution in [0, 0.1) is 0 Å². The molecule has 0 atom stereocenters. The second-order valence-corrected chi connectivity index (χ2v) is 8.30. The first kappa shape index (κ1) is 19.0. The number of ether oxygens (including phenoxy) is 1. The SMILES string of the molecule is NCCCCOc1cccnc1-c1ccc2cccc3c4cccc5cccc(c1c23)c54. The maximum atomic E-state index is 6.18. The van der Waals surface area contributed by atoms with E-state index in [9.17, 15) is 0 Å². The van der Waals surface area contributed by atoms with Crippen molar-refractivity contribution in [3.8, 4) is 17.0 Å². The predicted molar refractivity (Wildman–Crippen MR) is 135 cm³/mol. The van der Waals surface area contributed by atoms with E-state index in [2.05, 4.69) is 66.7 Å². The van der Waals surface area contributed by atoms with Gasteiger partial charge in [0, 0.05) is 17.1 Å². The third-order valence-corrected chi connectivity index (χ3v) is 6.39. The Morgan fingerprint density at radius 1 is 0.656 bits per heavy atom. The molecular formula is C29H24N2O. The Morgan fingerprint density at radius 3 is 2.16 bits per heavy atom. The van der Waals surface area contributed by atoms with E-state index in [1.54, 1.807) is 0 Å². The lowest BCUT2D eigenvalue weighted by Gasteiger charge is -2.18. The summed E-state index contributed by atoms with van der Waals surface area (Å²) in [5, 5.41) is 10.2. The van der Waals surface area contributed by atoms with E-state index in [1.165, 1.54) is 43.1 Å². The molecule has 1 aromatic heterocycles. The molecule has 0 aliphatic rings. The molecule has 0 saturated carbocycles. The highest BCUT2D eigenvalue weighted by molar-refractivity contribution is 6.35. The van der Waals surface area contributed by atoms with Crippen molar-refractivity contribution in [3.05, 3.63) is 85.1 Å². The molecule has 1 heterocycles. The lowest BCUT2D eigenvalue weighted by atomic mass is 9.87. The molecule has 2 N–H and O–H groups in total. The first-order valence-electron chi connectivity index (χ1n) is 11.2. The smallest absolute Gasteiger partial charge is 0.145 e. The molecule has 0 bridgehead atoms. The van der Waals surface area contributed by atoms with Gasteiger partial charge < -0.3 is 10.5 Å². The van der Waals surface area contributed by atoms with Gasteiger partial charge >= 0.3 is 0 Å². The zero-order valence-corrected chi connectivity index (χ0v) is 17.8. The number of nitrogens with zero attached hydrogens (tertiary/aromatic N) is 1. The standard InChI is InChI=1S/C29H24N2O/c30-16-1-2-18-32-25-13-6-17-31-29(25)24-15-14-20-9-4-11-22-21-10-3-7-19-8-5-12-23(26(19)21)28(24)27(20)22/h3-15,17H,1-2,16,18,30H2. The van der Waals surface area contributed by atoms with Crippen molar-refractivity contribution in [1.82, 2.24) is 4.98 Å². The largest absolute Gasteiger partial charge is 0.491 e. The molecule has 0 amide bonds. The fourth-order valence-electron chi connectivity index (χ4n) is 4.99. The number of aromatic nitrogens is 1. The molecule has 5 aromatic carbocycles. The highest BCUT2D eigenvalue weighted by Gasteiger charge is 2.18. The summed E-state index contributed by atoms with van der Waals surface area (Å²) in [6.45, 7) is 1.33. The predicted octanol–water partition coefficient (Wildman–Crippen LogP) is 6.92. The monoisotopic (exact) mass is 416 g/mol. The second kappa shape index (κ2) is 7.77. The summed E-state index contributed by atoms with van der Waals surface area (Å²) in [6, 6.07) is 28.1. The summed E-state index contributed by atoms with van der Waals surface area (Å²) >= 11 is 0. The highest BCUT2D eigenvalue weighted by atomic mass is 16.5. The summed E-state index contributed by atoms with van der Waals surface area (Å²) in [5.41, 5.74) is 7.65. The molecule has 0 aliphatic carbocycles. The van der Waals surface area contributed by atoms with Crippen LogP contribution in [0.3, 0.4) is 0 Å². The van der Waals surface area contributed by atoms with Crippen LogP contribution in [0.1, 0.15) is 12.8 Å². The number of hydrogen-bond acceptors (Lipinski definition) is 3. The molecule has 0 aliphatic heterocycles. The number of pyridine rings is 1. The summed E-state index contributed by atoms with van der Waals surface area (Å²) in [6.07, 6.45) is 3.74. The van der Waals surface area contributed by atoms with Crippen molar-refractivity contribution in [2.24, 2.45) is 5.73 Å². The van der Waals surface area contributed by atoms with Crippen LogP contribution in [0.15, 0.2) is 85.1 Å². The highest BCUT2D eigenvalue weighted by Crippen LogP contribution is 2.45. The van der Waals surface area contributed by atoms with E-state index >= 15 is 0 Å². The van der Waals surface area contributed by atoms with Gasteiger partial charge in [0.05, 0.1) is 6.61 Å². The topological polar surface area (TPSA) is 48.1 Å². The maximum Gasteiger partial charge on any atom is 0.145 e. The van der Waals surface area contributed by atoms with Crippen molar-refractivity contribution in [1.29, 1.82) is 0 Å². The average Bonchev–Trinajstić information content (AvgIpc) is 2.85. The molecule has 3 heteroatoms. The fourth-order valence-corrected chi connectivity index (χ4v) is 4.99. The minimum atomic E-state index is 0.641. The Hall–Kier alpha value is -3.69. The van der Waals surface area contributed by atoms with E-state index in [1.807, 2.05) is 18.3 Å². The van der Waals surface area contributed by atoms with Gasteiger partial charge in [-0.1, -0.05) is 66.7 Å². The summed E-state index contributed by atoms with van der Waals surface area (Å²) < 4.78 is 6.18. The molecule has 32 heavy (non-hydrogen) atoms. The van der Waals surface area contributed by atoms with Gasteiger partial charge in [0.1, 0.15) is 11.4 Å². The maximum absolute atomic E-state index is 6.18. The normalized spacial score (nSPS) is 11.8. The van der Waals surface area contributed by atoms with E-state index in [-0.39, 0.29) is 0 Å². The van der Waals surface area contributed by atoms with Gasteiger partial charge in [-0.25, -0.2) is 0 Å². The minimum absolute atomic E-state index is 0.641. The summed E-state index contributed by atoms with van der Waals surface area (Å²) in [7, 11) is 0. The van der Waals surface area contributed by atoms with Crippen LogP contribution in [0.5, 0.6) is 5.75 Å². The van der Waals surface area contributed by atoms with Crippen LogP contribution in [-0.4, -0.2) is 18.1 Å². The molecule has 156 valence electrons. The van der Waals surface area contributed by atoms with E-state index in [4.69, 9.17) is 15.5 Å². The molecule has 0 spiro atoms. The van der Waals surface area contributed by atoms with Crippen LogP contribution >= 0.6 is 0 Å². The van der Waals surface area contributed by atoms with Crippen molar-refractivity contribution < 1.29 is 4.74 Å². The molecule has 0 unspecified atom stereocenters.